The molecule has 0 saturated carbocycles. The van der Waals surface area contributed by atoms with Crippen molar-refractivity contribution < 1.29 is 4.79 Å². The van der Waals surface area contributed by atoms with E-state index in [2.05, 4.69) is 17.2 Å². The number of aromatic nitrogens is 3. The normalized spacial score (nSPS) is 17.0. The third-order valence-electron chi connectivity index (χ3n) is 5.38. The maximum atomic E-state index is 13.1. The first-order valence-electron chi connectivity index (χ1n) is 9.85. The largest absolute Gasteiger partial charge is 0.298 e. The van der Waals surface area contributed by atoms with E-state index in [1.807, 2.05) is 11.5 Å². The highest BCUT2D eigenvalue weighted by atomic mass is 32.1. The summed E-state index contributed by atoms with van der Waals surface area (Å²) in [7, 11) is 0. The Labute approximate surface area is 167 Å². The van der Waals surface area contributed by atoms with Gasteiger partial charge in [0, 0.05) is 29.1 Å². The molecule has 6 nitrogen and oxygen atoms in total. The van der Waals surface area contributed by atoms with Crippen molar-refractivity contribution in [1.82, 2.24) is 14.5 Å². The second-order valence-electron chi connectivity index (χ2n) is 7.34. The Morgan fingerprint density at radius 3 is 2.93 bits per heavy atom. The first-order chi connectivity index (χ1) is 13.6. The lowest BCUT2D eigenvalue weighted by Crippen LogP contribution is -2.28. The number of amides is 1. The fourth-order valence-electron chi connectivity index (χ4n) is 3.84. The molecule has 0 aliphatic carbocycles. The third kappa shape index (κ3) is 3.58. The molecule has 0 radical (unpaired) electrons. The van der Waals surface area contributed by atoms with E-state index in [0.717, 1.165) is 42.9 Å². The van der Waals surface area contributed by atoms with E-state index in [1.54, 1.807) is 24.4 Å². The van der Waals surface area contributed by atoms with Crippen LogP contribution in [-0.2, 0) is 6.54 Å². The zero-order valence-corrected chi connectivity index (χ0v) is 17.0. The van der Waals surface area contributed by atoms with Gasteiger partial charge in [-0.05, 0) is 44.4 Å². The minimum atomic E-state index is -0.239. The fourth-order valence-corrected chi connectivity index (χ4v) is 4.50. The molecule has 0 spiro atoms. The number of hydrogen-bond donors (Lipinski definition) is 1. The van der Waals surface area contributed by atoms with Crippen molar-refractivity contribution in [3.05, 3.63) is 51.0 Å². The predicted molar refractivity (Wildman–Crippen MR) is 112 cm³/mol. The number of aryl methyl sites for hydroxylation is 1. The molecule has 7 heteroatoms. The van der Waals surface area contributed by atoms with Crippen molar-refractivity contribution in [2.45, 2.75) is 58.4 Å². The maximum Gasteiger partial charge on any atom is 0.261 e. The molecule has 0 saturated heterocycles. The van der Waals surface area contributed by atoms with Gasteiger partial charge in [0.15, 0.2) is 5.13 Å². The van der Waals surface area contributed by atoms with E-state index in [9.17, 15) is 9.59 Å². The van der Waals surface area contributed by atoms with Crippen molar-refractivity contribution >= 4 is 33.3 Å². The molecule has 1 aliphatic rings. The summed E-state index contributed by atoms with van der Waals surface area (Å²) in [6, 6.07) is 5.13. The zero-order chi connectivity index (χ0) is 19.7. The van der Waals surface area contributed by atoms with Gasteiger partial charge in [0.05, 0.1) is 10.9 Å². The van der Waals surface area contributed by atoms with E-state index >= 15 is 0 Å². The standard InChI is InChI=1S/C21H24N4O2S/c1-3-14-7-5-4-6-10-25-18(14)23-17-11-15(8-9-16(17)20(25)27)19(26)24-21-22-12-13(2)28-21/h8-9,11-12,14H,3-7,10H2,1-2H3,(H,22,24,26). The minimum absolute atomic E-state index is 0.00264. The van der Waals surface area contributed by atoms with Crippen LogP contribution in [0, 0.1) is 6.92 Å². The van der Waals surface area contributed by atoms with Gasteiger partial charge in [0.25, 0.3) is 11.5 Å². The molecule has 4 rings (SSSR count). The van der Waals surface area contributed by atoms with Gasteiger partial charge in [0.2, 0.25) is 0 Å². The first kappa shape index (κ1) is 18.8. The Balaban J connectivity index is 1.75. The van der Waals surface area contributed by atoms with Crippen LogP contribution in [0.4, 0.5) is 5.13 Å². The van der Waals surface area contributed by atoms with Gasteiger partial charge in [-0.3, -0.25) is 19.5 Å². The molecule has 0 fully saturated rings. The number of hydrogen-bond acceptors (Lipinski definition) is 5. The zero-order valence-electron chi connectivity index (χ0n) is 16.2. The quantitative estimate of drug-likeness (QED) is 0.708. The fraction of sp³-hybridized carbons (Fsp3) is 0.429. The number of thiazole rings is 1. The Morgan fingerprint density at radius 1 is 1.32 bits per heavy atom. The van der Waals surface area contributed by atoms with Crippen LogP contribution in [0.3, 0.4) is 0 Å². The summed E-state index contributed by atoms with van der Waals surface area (Å²) in [4.78, 5) is 35.8. The monoisotopic (exact) mass is 396 g/mol. The molecule has 1 atom stereocenters. The number of benzene rings is 1. The number of anilines is 1. The molecule has 28 heavy (non-hydrogen) atoms. The third-order valence-corrected chi connectivity index (χ3v) is 6.21. The van der Waals surface area contributed by atoms with Crippen molar-refractivity contribution in [2.24, 2.45) is 0 Å². The number of carbonyl (C=O) groups excluding carboxylic acids is 1. The lowest BCUT2D eigenvalue weighted by atomic mass is 9.95. The highest BCUT2D eigenvalue weighted by molar-refractivity contribution is 7.15. The Hall–Kier alpha value is -2.54. The first-order valence-corrected chi connectivity index (χ1v) is 10.7. The smallest absolute Gasteiger partial charge is 0.261 e. The van der Waals surface area contributed by atoms with Gasteiger partial charge < -0.3 is 0 Å². The lowest BCUT2D eigenvalue weighted by molar-refractivity contribution is 0.102. The average molecular weight is 397 g/mol. The van der Waals surface area contributed by atoms with Gasteiger partial charge in [-0.15, -0.1) is 11.3 Å². The van der Waals surface area contributed by atoms with Gasteiger partial charge >= 0.3 is 0 Å². The SMILES string of the molecule is CCC1CCCCCn2c1nc1cc(C(=O)Nc3ncc(C)s3)ccc1c2=O. The highest BCUT2D eigenvalue weighted by Crippen LogP contribution is 2.27. The molecule has 3 aromatic rings. The maximum absolute atomic E-state index is 13.1. The average Bonchev–Trinajstić information content (AvgIpc) is 3.08. The minimum Gasteiger partial charge on any atom is -0.298 e. The van der Waals surface area contributed by atoms with Crippen LogP contribution in [-0.4, -0.2) is 20.4 Å². The van der Waals surface area contributed by atoms with Gasteiger partial charge in [-0.2, -0.15) is 0 Å². The summed E-state index contributed by atoms with van der Waals surface area (Å²) in [5.74, 6) is 0.915. The van der Waals surface area contributed by atoms with E-state index in [-0.39, 0.29) is 17.4 Å². The molecule has 146 valence electrons. The molecular formula is C21H24N4O2S. The van der Waals surface area contributed by atoms with E-state index in [1.165, 1.54) is 17.8 Å². The van der Waals surface area contributed by atoms with Crippen molar-refractivity contribution in [2.75, 3.05) is 5.32 Å². The van der Waals surface area contributed by atoms with Crippen LogP contribution in [0.15, 0.2) is 29.2 Å². The molecule has 2 aromatic heterocycles. The molecule has 3 heterocycles. The van der Waals surface area contributed by atoms with Crippen molar-refractivity contribution in [3.63, 3.8) is 0 Å². The van der Waals surface area contributed by atoms with E-state index < -0.39 is 0 Å². The second kappa shape index (κ2) is 7.83. The van der Waals surface area contributed by atoms with E-state index in [4.69, 9.17) is 4.98 Å². The van der Waals surface area contributed by atoms with Crippen molar-refractivity contribution in [1.29, 1.82) is 0 Å². The summed E-state index contributed by atoms with van der Waals surface area (Å²) in [6.45, 7) is 4.81. The Kier molecular flexibility index (Phi) is 5.26. The van der Waals surface area contributed by atoms with Gasteiger partial charge in [-0.25, -0.2) is 9.97 Å². The summed E-state index contributed by atoms with van der Waals surface area (Å²) in [5.41, 5.74) is 1.08. The van der Waals surface area contributed by atoms with Crippen molar-refractivity contribution in [3.8, 4) is 0 Å². The summed E-state index contributed by atoms with van der Waals surface area (Å²) < 4.78 is 1.85. The molecule has 0 bridgehead atoms. The Morgan fingerprint density at radius 2 is 2.18 bits per heavy atom. The number of carbonyl (C=O) groups is 1. The van der Waals surface area contributed by atoms with Crippen LogP contribution in [0.1, 0.15) is 66.0 Å². The number of rotatable bonds is 3. The van der Waals surface area contributed by atoms with Crippen LogP contribution in [0.25, 0.3) is 10.9 Å². The van der Waals surface area contributed by atoms with Gasteiger partial charge in [0.1, 0.15) is 5.82 Å². The predicted octanol–water partition coefficient (Wildman–Crippen LogP) is 4.48. The number of fused-ring (bicyclic) bond motifs is 2. The summed E-state index contributed by atoms with van der Waals surface area (Å²) in [6.07, 6.45) is 7.06. The Bertz CT molecular complexity index is 1090. The van der Waals surface area contributed by atoms with Crippen LogP contribution in [0.5, 0.6) is 0 Å². The molecule has 1 amide bonds. The molecular weight excluding hydrogens is 372 g/mol. The molecule has 1 unspecified atom stereocenters. The topological polar surface area (TPSA) is 76.9 Å². The highest BCUT2D eigenvalue weighted by Gasteiger charge is 2.21. The van der Waals surface area contributed by atoms with E-state index in [0.29, 0.717) is 21.6 Å². The van der Waals surface area contributed by atoms with Crippen LogP contribution in [0.2, 0.25) is 0 Å². The molecule has 1 aromatic carbocycles. The number of nitrogens with one attached hydrogen (secondary N) is 1. The summed E-state index contributed by atoms with van der Waals surface area (Å²) >= 11 is 1.43. The lowest BCUT2D eigenvalue weighted by Gasteiger charge is -2.23. The van der Waals surface area contributed by atoms with Gasteiger partial charge in [-0.1, -0.05) is 19.8 Å². The van der Waals surface area contributed by atoms with Crippen LogP contribution >= 0.6 is 11.3 Å². The number of nitrogens with zero attached hydrogens (tertiary/aromatic N) is 3. The molecule has 1 N–H and O–H groups in total. The summed E-state index contributed by atoms with van der Waals surface area (Å²) in [5, 5.41) is 3.96. The second-order valence-corrected chi connectivity index (χ2v) is 8.58. The van der Waals surface area contributed by atoms with Crippen LogP contribution < -0.4 is 10.9 Å². The molecule has 1 aliphatic heterocycles.